The van der Waals surface area contributed by atoms with E-state index in [0.29, 0.717) is 30.5 Å². The number of carbonyl (C=O) groups is 1. The summed E-state index contributed by atoms with van der Waals surface area (Å²) in [5, 5.41) is 11.0. The maximum atomic E-state index is 12.0. The number of carbonyl (C=O) groups excluding carboxylic acids is 1. The summed E-state index contributed by atoms with van der Waals surface area (Å²) in [4.78, 5) is 12.0. The lowest BCUT2D eigenvalue weighted by Crippen LogP contribution is -2.41. The molecule has 0 aliphatic heterocycles. The molecule has 3 heteroatoms. The van der Waals surface area contributed by atoms with Gasteiger partial charge in [-0.2, -0.15) is 0 Å². The molecule has 3 fully saturated rings. The number of aliphatic hydroxyl groups is 1. The summed E-state index contributed by atoms with van der Waals surface area (Å²) in [5.41, 5.74) is 1.28. The average molecular weight is 241 g/mol. The van der Waals surface area contributed by atoms with Crippen LogP contribution in [0.5, 0.6) is 0 Å². The zero-order chi connectivity index (χ0) is 11.4. The smallest absolute Gasteiger partial charge is 0.137 e. The Morgan fingerprint density at radius 3 is 2.62 bits per heavy atom. The molecule has 0 amide bonds. The highest BCUT2D eigenvalue weighted by molar-refractivity contribution is 6.29. The van der Waals surface area contributed by atoms with Crippen LogP contribution in [-0.2, 0) is 4.79 Å². The number of halogens is 1. The molecule has 2 bridgehead atoms. The lowest BCUT2D eigenvalue weighted by atomic mass is 9.69. The Balaban J connectivity index is 2.04. The van der Waals surface area contributed by atoms with Crippen molar-refractivity contribution >= 4 is 17.4 Å². The summed E-state index contributed by atoms with van der Waals surface area (Å²) in [5.74, 6) is 1.33. The molecular weight excluding hydrogens is 224 g/mol. The third kappa shape index (κ3) is 1.26. The van der Waals surface area contributed by atoms with Gasteiger partial charge in [0.1, 0.15) is 5.78 Å². The molecule has 0 aromatic heterocycles. The molecule has 0 saturated heterocycles. The van der Waals surface area contributed by atoms with Crippen molar-refractivity contribution in [1.82, 2.24) is 0 Å². The zero-order valence-electron chi connectivity index (χ0n) is 9.45. The molecule has 1 N–H and O–H groups in total. The van der Waals surface area contributed by atoms with E-state index in [1.165, 1.54) is 5.57 Å². The van der Waals surface area contributed by atoms with Crippen molar-refractivity contribution in [3.63, 3.8) is 0 Å². The highest BCUT2D eigenvalue weighted by Crippen LogP contribution is 2.60. The number of rotatable bonds is 0. The summed E-state index contributed by atoms with van der Waals surface area (Å²) in [7, 11) is 0. The van der Waals surface area contributed by atoms with Crippen LogP contribution >= 0.6 is 11.6 Å². The summed E-state index contributed by atoms with van der Waals surface area (Å²) < 4.78 is 0. The summed E-state index contributed by atoms with van der Waals surface area (Å²) >= 11 is 6.16. The van der Waals surface area contributed by atoms with Gasteiger partial charge in [-0.25, -0.2) is 0 Å². The molecule has 88 valence electrons. The fourth-order valence-electron chi connectivity index (χ4n) is 4.34. The molecule has 3 aliphatic rings. The molecular formula is C13H17ClO2. The van der Waals surface area contributed by atoms with Crippen LogP contribution in [0.3, 0.4) is 0 Å². The quantitative estimate of drug-likeness (QED) is 0.707. The minimum atomic E-state index is -0.288. The Labute approximate surface area is 101 Å². The van der Waals surface area contributed by atoms with E-state index in [9.17, 15) is 9.90 Å². The summed E-state index contributed by atoms with van der Waals surface area (Å²) in [6, 6.07) is 0. The Kier molecular flexibility index (Phi) is 2.41. The Bertz CT molecular complexity index is 370. The monoisotopic (exact) mass is 240 g/mol. The van der Waals surface area contributed by atoms with Gasteiger partial charge in [-0.3, -0.25) is 4.79 Å². The van der Waals surface area contributed by atoms with E-state index in [1.807, 2.05) is 6.92 Å². The third-order valence-electron chi connectivity index (χ3n) is 4.80. The molecule has 5 atom stereocenters. The molecule has 0 unspecified atom stereocenters. The van der Waals surface area contributed by atoms with Crippen LogP contribution in [0.15, 0.2) is 10.6 Å². The Hall–Kier alpha value is -0.340. The van der Waals surface area contributed by atoms with Crippen molar-refractivity contribution in [3.05, 3.63) is 10.6 Å². The Morgan fingerprint density at radius 2 is 2.00 bits per heavy atom. The number of fused-ring (bicyclic) bond motifs is 5. The van der Waals surface area contributed by atoms with Gasteiger partial charge in [0.25, 0.3) is 0 Å². The fourth-order valence-corrected chi connectivity index (χ4v) is 4.62. The van der Waals surface area contributed by atoms with E-state index in [4.69, 9.17) is 11.6 Å². The van der Waals surface area contributed by atoms with Crippen molar-refractivity contribution in [2.75, 3.05) is 0 Å². The second-order valence-electron chi connectivity index (χ2n) is 5.45. The largest absolute Gasteiger partial charge is 0.393 e. The molecule has 0 spiro atoms. The van der Waals surface area contributed by atoms with Crippen LogP contribution in [0.2, 0.25) is 0 Å². The minimum Gasteiger partial charge on any atom is -0.393 e. The second-order valence-corrected chi connectivity index (χ2v) is 6.02. The zero-order valence-corrected chi connectivity index (χ0v) is 10.2. The van der Waals surface area contributed by atoms with Crippen LogP contribution in [0, 0.1) is 23.7 Å². The standard InChI is InChI=1S/C13H17ClO2/c1-6(14)11-7-2-3-8(11)13-10(16)5-4-9(15)12(7)13/h7-9,12-13,15H,2-5H2,1H3/b11-6+/t7-,8+,9-,12+,13+/m1/s1. The van der Waals surface area contributed by atoms with E-state index in [-0.39, 0.29) is 17.9 Å². The van der Waals surface area contributed by atoms with Crippen molar-refractivity contribution in [2.45, 2.75) is 38.7 Å². The highest BCUT2D eigenvalue weighted by Gasteiger charge is 2.57. The van der Waals surface area contributed by atoms with Crippen molar-refractivity contribution in [3.8, 4) is 0 Å². The van der Waals surface area contributed by atoms with E-state index >= 15 is 0 Å². The average Bonchev–Trinajstić information content (AvgIpc) is 2.79. The maximum absolute atomic E-state index is 12.0. The van der Waals surface area contributed by atoms with Crippen LogP contribution < -0.4 is 0 Å². The number of hydrogen-bond donors (Lipinski definition) is 1. The first-order chi connectivity index (χ1) is 7.61. The minimum absolute atomic E-state index is 0.0752. The number of allylic oxidation sites excluding steroid dienone is 2. The van der Waals surface area contributed by atoms with Crippen LogP contribution in [0.4, 0.5) is 0 Å². The first kappa shape index (κ1) is 10.8. The van der Waals surface area contributed by atoms with Gasteiger partial charge >= 0.3 is 0 Å². The van der Waals surface area contributed by atoms with E-state index < -0.39 is 0 Å². The van der Waals surface area contributed by atoms with Crippen LogP contribution in [0.25, 0.3) is 0 Å². The molecule has 16 heavy (non-hydrogen) atoms. The normalized spacial score (nSPS) is 49.4. The van der Waals surface area contributed by atoms with Crippen molar-refractivity contribution in [1.29, 1.82) is 0 Å². The maximum Gasteiger partial charge on any atom is 0.137 e. The van der Waals surface area contributed by atoms with Crippen LogP contribution in [-0.4, -0.2) is 17.0 Å². The number of hydrogen-bond acceptors (Lipinski definition) is 2. The van der Waals surface area contributed by atoms with E-state index in [0.717, 1.165) is 17.9 Å². The summed E-state index contributed by atoms with van der Waals surface area (Å²) in [6.07, 6.45) is 3.11. The molecule has 3 rings (SSSR count). The predicted octanol–water partition coefficient (Wildman–Crippen LogP) is 2.50. The molecule has 0 radical (unpaired) electrons. The molecule has 3 aliphatic carbocycles. The lowest BCUT2D eigenvalue weighted by Gasteiger charge is -2.36. The van der Waals surface area contributed by atoms with Gasteiger partial charge in [0.05, 0.1) is 6.10 Å². The van der Waals surface area contributed by atoms with E-state index in [1.54, 1.807) is 0 Å². The van der Waals surface area contributed by atoms with Crippen molar-refractivity contribution in [2.24, 2.45) is 23.7 Å². The summed E-state index contributed by atoms with van der Waals surface area (Å²) in [6.45, 7) is 1.93. The highest BCUT2D eigenvalue weighted by atomic mass is 35.5. The van der Waals surface area contributed by atoms with Gasteiger partial charge in [-0.1, -0.05) is 11.6 Å². The van der Waals surface area contributed by atoms with Gasteiger partial charge < -0.3 is 5.11 Å². The van der Waals surface area contributed by atoms with Gasteiger partial charge in [0, 0.05) is 23.3 Å². The lowest BCUT2D eigenvalue weighted by molar-refractivity contribution is -0.133. The first-order valence-electron chi connectivity index (χ1n) is 6.18. The first-order valence-corrected chi connectivity index (χ1v) is 6.56. The van der Waals surface area contributed by atoms with E-state index in [2.05, 4.69) is 0 Å². The number of aliphatic hydroxyl groups excluding tert-OH is 1. The van der Waals surface area contributed by atoms with Gasteiger partial charge in [-0.05, 0) is 43.6 Å². The number of Topliss-reactive ketones (excluding diaryl/α,β-unsaturated/α-hetero) is 1. The van der Waals surface area contributed by atoms with Crippen LogP contribution in [0.1, 0.15) is 32.6 Å². The second kappa shape index (κ2) is 3.58. The Morgan fingerprint density at radius 1 is 1.31 bits per heavy atom. The predicted molar refractivity (Wildman–Crippen MR) is 62.0 cm³/mol. The molecule has 0 aromatic carbocycles. The molecule has 2 nitrogen and oxygen atoms in total. The molecule has 0 aromatic rings. The SMILES string of the molecule is C/C(Cl)=C1/[C@H]2CC[C@@H]1[C@H]1C(=O)CC[C@@H](O)[C@@H]12. The number of ketones is 1. The van der Waals surface area contributed by atoms with Gasteiger partial charge in [0.15, 0.2) is 0 Å². The molecule has 0 heterocycles. The van der Waals surface area contributed by atoms with Gasteiger partial charge in [-0.15, -0.1) is 0 Å². The van der Waals surface area contributed by atoms with Gasteiger partial charge in [0.2, 0.25) is 0 Å². The fraction of sp³-hybridized carbons (Fsp3) is 0.769. The van der Waals surface area contributed by atoms with Crippen molar-refractivity contribution < 1.29 is 9.90 Å². The molecule has 3 saturated carbocycles. The third-order valence-corrected chi connectivity index (χ3v) is 5.02. The topological polar surface area (TPSA) is 37.3 Å².